The number of methoxy groups -OCH3 is 1. The number of nitriles is 1. The van der Waals surface area contributed by atoms with E-state index in [1.165, 1.54) is 43.7 Å². The van der Waals surface area contributed by atoms with Gasteiger partial charge in [-0.25, -0.2) is 14.5 Å². The second-order valence-corrected chi connectivity index (χ2v) is 10.7. The largest absolute Gasteiger partial charge is 0.465 e. The quantitative estimate of drug-likeness (QED) is 0.403. The highest BCUT2D eigenvalue weighted by Gasteiger charge is 2.42. The van der Waals surface area contributed by atoms with Gasteiger partial charge in [0.05, 0.1) is 35.9 Å². The molecule has 8 nitrogen and oxygen atoms in total. The SMILES string of the molecule is CNC(=O)N(C(=O)C1CN(Cc2cc(C(=O)OC)cs2)CC1c1ccc(C#N)cc1)c1cc(Cl)cc(Cl)c1. The molecule has 0 aliphatic carbocycles. The van der Waals surface area contributed by atoms with Crippen molar-refractivity contribution in [3.63, 3.8) is 0 Å². The molecule has 1 saturated heterocycles. The average molecular weight is 571 g/mol. The number of halogens is 2. The van der Waals surface area contributed by atoms with E-state index in [2.05, 4.69) is 16.3 Å². The number of carbonyl (C=O) groups excluding carboxylic acids is 3. The van der Waals surface area contributed by atoms with Crippen LogP contribution in [-0.4, -0.2) is 50.1 Å². The number of urea groups is 1. The minimum absolute atomic E-state index is 0.253. The Balaban J connectivity index is 1.68. The zero-order valence-corrected chi connectivity index (χ0v) is 22.9. The monoisotopic (exact) mass is 570 g/mol. The summed E-state index contributed by atoms with van der Waals surface area (Å²) >= 11 is 13.8. The molecule has 0 saturated carbocycles. The van der Waals surface area contributed by atoms with Crippen LogP contribution in [0.15, 0.2) is 53.9 Å². The maximum absolute atomic E-state index is 14.0. The molecule has 3 amide bonds. The Hall–Kier alpha value is -3.42. The van der Waals surface area contributed by atoms with Crippen LogP contribution in [0, 0.1) is 17.2 Å². The zero-order chi connectivity index (χ0) is 27.4. The van der Waals surface area contributed by atoms with Crippen LogP contribution in [0.3, 0.4) is 0 Å². The second-order valence-electron chi connectivity index (χ2n) is 8.79. The molecule has 2 aromatic carbocycles. The number of benzene rings is 2. The minimum atomic E-state index is -0.605. The van der Waals surface area contributed by atoms with Crippen LogP contribution in [-0.2, 0) is 16.1 Å². The van der Waals surface area contributed by atoms with Crippen molar-refractivity contribution in [2.24, 2.45) is 5.92 Å². The molecule has 1 aliphatic rings. The van der Waals surface area contributed by atoms with Crippen molar-refractivity contribution in [2.45, 2.75) is 12.5 Å². The van der Waals surface area contributed by atoms with Crippen molar-refractivity contribution in [1.82, 2.24) is 10.2 Å². The van der Waals surface area contributed by atoms with Gasteiger partial charge in [-0.15, -0.1) is 11.3 Å². The molecular weight excluding hydrogens is 547 g/mol. The predicted octanol–water partition coefficient (Wildman–Crippen LogP) is 5.30. The second kappa shape index (κ2) is 12.0. The van der Waals surface area contributed by atoms with Gasteiger partial charge in [-0.05, 0) is 42.0 Å². The summed E-state index contributed by atoms with van der Waals surface area (Å²) in [7, 11) is 2.79. The number of anilines is 1. The van der Waals surface area contributed by atoms with Crippen LogP contribution in [0.25, 0.3) is 0 Å². The molecule has 1 fully saturated rings. The van der Waals surface area contributed by atoms with Crippen LogP contribution >= 0.6 is 34.5 Å². The Morgan fingerprint density at radius 3 is 2.42 bits per heavy atom. The smallest absolute Gasteiger partial charge is 0.338 e. The van der Waals surface area contributed by atoms with Crippen LogP contribution in [0.2, 0.25) is 10.0 Å². The minimum Gasteiger partial charge on any atom is -0.465 e. The lowest BCUT2D eigenvalue weighted by atomic mass is 9.87. The number of hydrogen-bond acceptors (Lipinski definition) is 7. The van der Waals surface area contributed by atoms with Gasteiger partial charge in [0.1, 0.15) is 0 Å². The van der Waals surface area contributed by atoms with Crippen molar-refractivity contribution < 1.29 is 19.1 Å². The van der Waals surface area contributed by atoms with Gasteiger partial charge in [0.25, 0.3) is 0 Å². The molecule has 1 N–H and O–H groups in total. The van der Waals surface area contributed by atoms with E-state index in [9.17, 15) is 19.6 Å². The normalized spacial score (nSPS) is 17.0. The van der Waals surface area contributed by atoms with Gasteiger partial charge < -0.3 is 10.1 Å². The van der Waals surface area contributed by atoms with E-state index in [4.69, 9.17) is 27.9 Å². The third-order valence-electron chi connectivity index (χ3n) is 6.38. The molecule has 1 aliphatic heterocycles. The first-order valence-corrected chi connectivity index (χ1v) is 13.3. The number of ether oxygens (including phenoxy) is 1. The van der Waals surface area contributed by atoms with Crippen LogP contribution in [0.4, 0.5) is 10.5 Å². The van der Waals surface area contributed by atoms with Gasteiger partial charge >= 0.3 is 12.0 Å². The summed E-state index contributed by atoms with van der Waals surface area (Å²) in [5.74, 6) is -1.64. The number of carbonyl (C=O) groups is 3. The molecule has 1 aromatic heterocycles. The highest BCUT2D eigenvalue weighted by Crippen LogP contribution is 2.37. The Morgan fingerprint density at radius 2 is 1.82 bits per heavy atom. The van der Waals surface area contributed by atoms with Gasteiger partial charge in [-0.2, -0.15) is 5.26 Å². The standard InChI is InChI=1S/C27H24Cl2N4O4S/c1-31-27(36)33(21-9-19(28)8-20(29)10-21)25(34)24-14-32(12-22-7-18(15-38-22)26(35)37-2)13-23(24)17-5-3-16(11-30)4-6-17/h3-10,15,23-24H,12-14H2,1-2H3,(H,31,36). The molecule has 2 atom stereocenters. The first kappa shape index (κ1) is 27.6. The van der Waals surface area contributed by atoms with Gasteiger partial charge in [0.2, 0.25) is 5.91 Å². The van der Waals surface area contributed by atoms with Crippen LogP contribution < -0.4 is 10.2 Å². The molecule has 0 radical (unpaired) electrons. The molecule has 11 heteroatoms. The molecule has 38 heavy (non-hydrogen) atoms. The number of imide groups is 1. The molecule has 0 spiro atoms. The Bertz CT molecular complexity index is 1380. The number of thiophene rings is 1. The molecule has 0 bridgehead atoms. The van der Waals surface area contributed by atoms with Crippen molar-refractivity contribution in [2.75, 3.05) is 32.1 Å². The average Bonchev–Trinajstić information content (AvgIpc) is 3.55. The van der Waals surface area contributed by atoms with E-state index in [1.807, 2.05) is 12.1 Å². The number of nitrogens with zero attached hydrogens (tertiary/aromatic N) is 3. The fraction of sp³-hybridized carbons (Fsp3) is 0.259. The third kappa shape index (κ3) is 6.00. The molecule has 2 unspecified atom stereocenters. The summed E-state index contributed by atoms with van der Waals surface area (Å²) in [6, 6.07) is 15.0. The highest BCUT2D eigenvalue weighted by atomic mass is 35.5. The van der Waals surface area contributed by atoms with E-state index in [0.29, 0.717) is 40.8 Å². The molecule has 4 rings (SSSR count). The maximum atomic E-state index is 14.0. The summed E-state index contributed by atoms with van der Waals surface area (Å²) < 4.78 is 4.80. The Morgan fingerprint density at radius 1 is 1.13 bits per heavy atom. The zero-order valence-electron chi connectivity index (χ0n) is 20.6. The first-order chi connectivity index (χ1) is 18.2. The molecule has 196 valence electrons. The molecule has 2 heterocycles. The van der Waals surface area contributed by atoms with Gasteiger partial charge in [-0.3, -0.25) is 9.69 Å². The van der Waals surface area contributed by atoms with Crippen molar-refractivity contribution in [3.05, 3.63) is 85.5 Å². The summed E-state index contributed by atoms with van der Waals surface area (Å²) in [5, 5.41) is 14.1. The number of rotatable bonds is 6. The third-order valence-corrected chi connectivity index (χ3v) is 7.74. The highest BCUT2D eigenvalue weighted by molar-refractivity contribution is 7.10. The number of esters is 1. The maximum Gasteiger partial charge on any atom is 0.338 e. The molecular formula is C27H24Cl2N4O4S. The van der Waals surface area contributed by atoms with Crippen LogP contribution in [0.1, 0.15) is 32.3 Å². The fourth-order valence-corrected chi connectivity index (χ4v) is 6.02. The predicted molar refractivity (Wildman–Crippen MR) is 147 cm³/mol. The van der Waals surface area contributed by atoms with Crippen molar-refractivity contribution in [3.8, 4) is 6.07 Å². The molecule has 3 aromatic rings. The Kier molecular flexibility index (Phi) is 8.69. The lowest BCUT2D eigenvalue weighted by molar-refractivity contribution is -0.121. The van der Waals surface area contributed by atoms with E-state index < -0.39 is 23.8 Å². The van der Waals surface area contributed by atoms with Gasteiger partial charge in [-0.1, -0.05) is 35.3 Å². The number of amides is 3. The number of nitrogens with one attached hydrogen (secondary N) is 1. The van der Waals surface area contributed by atoms with E-state index in [0.717, 1.165) is 15.3 Å². The number of likely N-dealkylation sites (tertiary alicyclic amines) is 1. The van der Waals surface area contributed by atoms with Crippen LogP contribution in [0.5, 0.6) is 0 Å². The van der Waals surface area contributed by atoms with Crippen molar-refractivity contribution in [1.29, 1.82) is 5.26 Å². The Labute approximate surface area is 234 Å². The summed E-state index contributed by atoms with van der Waals surface area (Å²) in [6.45, 7) is 1.42. The topological polar surface area (TPSA) is 103 Å². The lowest BCUT2D eigenvalue weighted by Gasteiger charge is -2.26. The van der Waals surface area contributed by atoms with Gasteiger partial charge in [0.15, 0.2) is 0 Å². The number of hydrogen-bond donors (Lipinski definition) is 1. The van der Waals surface area contributed by atoms with E-state index in [-0.39, 0.29) is 11.6 Å². The summed E-state index contributed by atoms with van der Waals surface area (Å²) in [6.07, 6.45) is 0. The van der Waals surface area contributed by atoms with E-state index in [1.54, 1.807) is 23.6 Å². The lowest BCUT2D eigenvalue weighted by Crippen LogP contribution is -2.47. The summed E-state index contributed by atoms with van der Waals surface area (Å²) in [4.78, 5) is 43.0. The first-order valence-electron chi connectivity index (χ1n) is 11.6. The van der Waals surface area contributed by atoms with E-state index >= 15 is 0 Å². The van der Waals surface area contributed by atoms with Crippen molar-refractivity contribution >= 4 is 58.1 Å². The van der Waals surface area contributed by atoms with Gasteiger partial charge in [0, 0.05) is 52.9 Å². The fourth-order valence-electron chi connectivity index (χ4n) is 4.61. The summed E-state index contributed by atoms with van der Waals surface area (Å²) in [5.41, 5.74) is 2.14.